The van der Waals surface area contributed by atoms with Crippen LogP contribution in [0.25, 0.3) is 28.1 Å². The molecule has 162 valence electrons. The third-order valence-electron chi connectivity index (χ3n) is 5.25. The summed E-state index contributed by atoms with van der Waals surface area (Å²) in [5.74, 6) is 0.265. The number of carbonyl (C=O) groups is 1. The Morgan fingerprint density at radius 3 is 2.44 bits per heavy atom. The van der Waals surface area contributed by atoms with E-state index in [4.69, 9.17) is 0 Å². The lowest BCUT2D eigenvalue weighted by Gasteiger charge is -2.13. The second-order valence-electron chi connectivity index (χ2n) is 7.62. The van der Waals surface area contributed by atoms with Gasteiger partial charge in [-0.25, -0.2) is 9.78 Å². The summed E-state index contributed by atoms with van der Waals surface area (Å²) in [7, 11) is 0. The molecule has 2 heterocycles. The molecule has 0 aliphatic heterocycles. The Bertz CT molecular complexity index is 1260. The van der Waals surface area contributed by atoms with Crippen LogP contribution >= 0.6 is 0 Å². The van der Waals surface area contributed by atoms with E-state index in [1.165, 1.54) is 0 Å². The van der Waals surface area contributed by atoms with E-state index in [2.05, 4.69) is 39.1 Å². The van der Waals surface area contributed by atoms with Crippen molar-refractivity contribution in [1.82, 2.24) is 30.2 Å². The van der Waals surface area contributed by atoms with Crippen molar-refractivity contribution < 1.29 is 9.90 Å². The number of rotatable bonds is 8. The van der Waals surface area contributed by atoms with Crippen LogP contribution in [-0.2, 0) is 13.0 Å². The minimum Gasteiger partial charge on any atom is -0.476 e. The second-order valence-corrected chi connectivity index (χ2v) is 7.62. The molecule has 0 saturated heterocycles. The van der Waals surface area contributed by atoms with Crippen LogP contribution in [0, 0.1) is 0 Å². The zero-order valence-corrected chi connectivity index (χ0v) is 18.0. The SMILES string of the molecule is C=C(C)c1c(C(=O)O)nc(CCC)n1Cc1ccc(-c2ccccc2-c2nn[nH]n2)cc1. The van der Waals surface area contributed by atoms with Gasteiger partial charge in [-0.1, -0.05) is 62.0 Å². The molecule has 0 amide bonds. The van der Waals surface area contributed by atoms with E-state index in [1.807, 2.05) is 60.0 Å². The number of hydrogen-bond acceptors (Lipinski definition) is 5. The Balaban J connectivity index is 1.69. The van der Waals surface area contributed by atoms with Gasteiger partial charge in [-0.2, -0.15) is 5.21 Å². The fraction of sp³-hybridized carbons (Fsp3) is 0.208. The summed E-state index contributed by atoms with van der Waals surface area (Å²) >= 11 is 0. The lowest BCUT2D eigenvalue weighted by atomic mass is 9.98. The zero-order valence-electron chi connectivity index (χ0n) is 18.0. The molecule has 0 radical (unpaired) electrons. The van der Waals surface area contributed by atoms with E-state index >= 15 is 0 Å². The second kappa shape index (κ2) is 8.97. The van der Waals surface area contributed by atoms with E-state index in [9.17, 15) is 9.90 Å². The average molecular weight is 428 g/mol. The number of benzene rings is 2. The topological polar surface area (TPSA) is 110 Å². The van der Waals surface area contributed by atoms with Gasteiger partial charge in [-0.3, -0.25) is 0 Å². The number of nitrogens with one attached hydrogen (secondary N) is 1. The number of nitrogens with zero attached hydrogens (tertiary/aromatic N) is 5. The number of carboxylic acids is 1. The normalized spacial score (nSPS) is 10.9. The van der Waals surface area contributed by atoms with Gasteiger partial charge in [0.15, 0.2) is 5.69 Å². The fourth-order valence-corrected chi connectivity index (χ4v) is 3.84. The van der Waals surface area contributed by atoms with Crippen LogP contribution in [0.5, 0.6) is 0 Å². The maximum atomic E-state index is 11.7. The largest absolute Gasteiger partial charge is 0.476 e. The first-order chi connectivity index (χ1) is 15.5. The number of allylic oxidation sites excluding steroid dienone is 1. The van der Waals surface area contributed by atoms with Crippen LogP contribution in [0.4, 0.5) is 0 Å². The van der Waals surface area contributed by atoms with Crippen molar-refractivity contribution >= 4 is 11.5 Å². The Kier molecular flexibility index (Phi) is 5.93. The molecule has 4 aromatic rings. The van der Waals surface area contributed by atoms with Crippen LogP contribution in [0.2, 0.25) is 0 Å². The molecular weight excluding hydrogens is 404 g/mol. The fourth-order valence-electron chi connectivity index (χ4n) is 3.84. The predicted molar refractivity (Wildman–Crippen MR) is 122 cm³/mol. The Labute approximate surface area is 185 Å². The van der Waals surface area contributed by atoms with E-state index in [1.54, 1.807) is 0 Å². The summed E-state index contributed by atoms with van der Waals surface area (Å²) in [6, 6.07) is 16.1. The van der Waals surface area contributed by atoms with E-state index in [0.717, 1.165) is 34.5 Å². The molecule has 0 atom stereocenters. The highest BCUT2D eigenvalue weighted by molar-refractivity contribution is 5.91. The molecule has 2 aromatic heterocycles. The molecule has 2 aromatic carbocycles. The Morgan fingerprint density at radius 1 is 1.12 bits per heavy atom. The van der Waals surface area contributed by atoms with Crippen molar-refractivity contribution in [3.63, 3.8) is 0 Å². The van der Waals surface area contributed by atoms with Crippen LogP contribution in [0.1, 0.15) is 47.8 Å². The van der Waals surface area contributed by atoms with Crippen molar-refractivity contribution in [2.45, 2.75) is 33.2 Å². The number of hydrogen-bond donors (Lipinski definition) is 2. The number of aromatic nitrogens is 6. The third-order valence-corrected chi connectivity index (χ3v) is 5.25. The van der Waals surface area contributed by atoms with Gasteiger partial charge in [-0.05, 0) is 40.8 Å². The maximum Gasteiger partial charge on any atom is 0.356 e. The number of tetrazole rings is 1. The predicted octanol–water partition coefficient (Wildman–Crippen LogP) is 4.46. The van der Waals surface area contributed by atoms with Crippen LogP contribution in [0.15, 0.2) is 55.1 Å². The molecular formula is C24H24N6O2. The van der Waals surface area contributed by atoms with E-state index in [-0.39, 0.29) is 5.69 Å². The van der Waals surface area contributed by atoms with Gasteiger partial charge in [-0.15, -0.1) is 10.2 Å². The van der Waals surface area contributed by atoms with Crippen molar-refractivity contribution in [2.75, 3.05) is 0 Å². The summed E-state index contributed by atoms with van der Waals surface area (Å²) in [6.07, 6.45) is 1.57. The number of H-pyrrole nitrogens is 1. The third kappa shape index (κ3) is 4.07. The van der Waals surface area contributed by atoms with Crippen LogP contribution in [-0.4, -0.2) is 41.3 Å². The molecule has 0 aliphatic rings. The molecule has 0 unspecified atom stereocenters. The van der Waals surface area contributed by atoms with Gasteiger partial charge in [0.2, 0.25) is 5.82 Å². The van der Waals surface area contributed by atoms with Crippen molar-refractivity contribution in [3.8, 4) is 22.5 Å². The minimum atomic E-state index is -1.03. The van der Waals surface area contributed by atoms with Gasteiger partial charge in [0.1, 0.15) is 5.82 Å². The van der Waals surface area contributed by atoms with Crippen molar-refractivity contribution in [3.05, 3.63) is 77.9 Å². The quantitative estimate of drug-likeness (QED) is 0.429. The molecule has 0 bridgehead atoms. The van der Waals surface area contributed by atoms with Crippen molar-refractivity contribution in [2.24, 2.45) is 0 Å². The standard InChI is InChI=1S/C24H24N6O2/c1-4-7-20-25-21(24(31)32)22(15(2)3)30(20)14-16-10-12-17(13-11-16)18-8-5-6-9-19(18)23-26-28-29-27-23/h5-6,8-13H,2,4,7,14H2,1,3H3,(H,31,32)(H,26,27,28,29). The Hall–Kier alpha value is -4.07. The van der Waals surface area contributed by atoms with Crippen LogP contribution < -0.4 is 0 Å². The highest BCUT2D eigenvalue weighted by Gasteiger charge is 2.22. The highest BCUT2D eigenvalue weighted by Crippen LogP contribution is 2.30. The summed E-state index contributed by atoms with van der Waals surface area (Å²) in [5, 5.41) is 24.0. The van der Waals surface area contributed by atoms with Gasteiger partial charge in [0, 0.05) is 18.5 Å². The highest BCUT2D eigenvalue weighted by atomic mass is 16.4. The minimum absolute atomic E-state index is 0.0617. The maximum absolute atomic E-state index is 11.7. The molecule has 2 N–H and O–H groups in total. The number of aromatic amines is 1. The molecule has 8 nitrogen and oxygen atoms in total. The lowest BCUT2D eigenvalue weighted by Crippen LogP contribution is -2.09. The molecule has 0 saturated carbocycles. The molecule has 32 heavy (non-hydrogen) atoms. The smallest absolute Gasteiger partial charge is 0.356 e. The van der Waals surface area contributed by atoms with E-state index < -0.39 is 5.97 Å². The first-order valence-corrected chi connectivity index (χ1v) is 10.4. The summed E-state index contributed by atoms with van der Waals surface area (Å²) < 4.78 is 1.97. The molecule has 0 spiro atoms. The van der Waals surface area contributed by atoms with Gasteiger partial charge < -0.3 is 9.67 Å². The molecule has 0 aliphatic carbocycles. The number of carboxylic acid groups (broad SMARTS) is 1. The number of aryl methyl sites for hydroxylation is 1. The van der Waals surface area contributed by atoms with Gasteiger partial charge >= 0.3 is 5.97 Å². The lowest BCUT2D eigenvalue weighted by molar-refractivity contribution is 0.0690. The molecule has 0 fully saturated rings. The van der Waals surface area contributed by atoms with Crippen LogP contribution in [0.3, 0.4) is 0 Å². The first kappa shape index (κ1) is 21.2. The van der Waals surface area contributed by atoms with Gasteiger partial charge in [0.05, 0.1) is 5.69 Å². The summed E-state index contributed by atoms with van der Waals surface area (Å²) in [5.41, 5.74) is 5.29. The molecule has 4 rings (SSSR count). The Morgan fingerprint density at radius 2 is 1.84 bits per heavy atom. The van der Waals surface area contributed by atoms with Gasteiger partial charge in [0.25, 0.3) is 0 Å². The number of aromatic carboxylic acids is 1. The average Bonchev–Trinajstić information content (AvgIpc) is 3.44. The van der Waals surface area contributed by atoms with Crippen molar-refractivity contribution in [1.29, 1.82) is 0 Å². The monoisotopic (exact) mass is 428 g/mol. The first-order valence-electron chi connectivity index (χ1n) is 10.4. The summed E-state index contributed by atoms with van der Waals surface area (Å²) in [4.78, 5) is 16.1. The van der Waals surface area contributed by atoms with E-state index in [0.29, 0.717) is 30.1 Å². The zero-order chi connectivity index (χ0) is 22.7. The summed E-state index contributed by atoms with van der Waals surface area (Å²) in [6.45, 7) is 8.37. The molecule has 8 heteroatoms. The number of imidazole rings is 1.